The second-order valence-corrected chi connectivity index (χ2v) is 10.3. The van der Waals surface area contributed by atoms with E-state index in [4.69, 9.17) is 9.72 Å². The van der Waals surface area contributed by atoms with Crippen molar-refractivity contribution in [3.63, 3.8) is 0 Å². The van der Waals surface area contributed by atoms with Gasteiger partial charge in [-0.25, -0.2) is 4.98 Å². The molecule has 1 aliphatic heterocycles. The number of benzene rings is 1. The van der Waals surface area contributed by atoms with Crippen LogP contribution in [-0.4, -0.2) is 63.0 Å². The second kappa shape index (κ2) is 11.1. The van der Waals surface area contributed by atoms with Gasteiger partial charge in [0, 0.05) is 55.1 Å². The Bertz CT molecular complexity index is 1100. The van der Waals surface area contributed by atoms with E-state index in [2.05, 4.69) is 64.1 Å². The molecule has 5 rings (SSSR count). The molecule has 0 amide bonds. The number of hydrogen-bond donors (Lipinski definition) is 2. The van der Waals surface area contributed by atoms with Crippen LogP contribution in [0.2, 0.25) is 0 Å². The van der Waals surface area contributed by atoms with Crippen molar-refractivity contribution in [2.75, 3.05) is 31.6 Å². The van der Waals surface area contributed by atoms with Gasteiger partial charge >= 0.3 is 0 Å². The van der Waals surface area contributed by atoms with Crippen molar-refractivity contribution in [2.24, 2.45) is 0 Å². The fourth-order valence-electron chi connectivity index (χ4n) is 5.48. The van der Waals surface area contributed by atoms with Crippen LogP contribution in [0.3, 0.4) is 0 Å². The van der Waals surface area contributed by atoms with Gasteiger partial charge in [-0.05, 0) is 50.2 Å². The average molecular weight is 478 g/mol. The Morgan fingerprint density at radius 2 is 1.86 bits per heavy atom. The van der Waals surface area contributed by atoms with E-state index in [0.717, 1.165) is 82.4 Å². The van der Waals surface area contributed by atoms with E-state index < -0.39 is 0 Å². The van der Waals surface area contributed by atoms with Crippen LogP contribution in [0.25, 0.3) is 22.2 Å². The predicted octanol–water partition coefficient (Wildman–Crippen LogP) is 5.01. The molecule has 1 aromatic carbocycles. The number of anilines is 1. The van der Waals surface area contributed by atoms with Gasteiger partial charge in [0.15, 0.2) is 0 Å². The topological polar surface area (TPSA) is 75.4 Å². The first-order chi connectivity index (χ1) is 17.1. The number of fused-ring (bicyclic) bond motifs is 1. The standard InChI is InChI=1S/C28H39N5O2/c1-3-4-20(2)30-28-29-17-25-26(19-33(27(25)31-28)23-9-11-24(34)12-10-23)22-7-5-21(6-8-22)18-32-13-15-35-16-14-32/h5-8,17,19-20,23-24,34H,3-4,9-16,18H2,1-2H3,(H,29,30,31). The minimum Gasteiger partial charge on any atom is -0.393 e. The van der Waals surface area contributed by atoms with Gasteiger partial charge in [0.1, 0.15) is 5.65 Å². The molecule has 2 aromatic heterocycles. The van der Waals surface area contributed by atoms with Crippen LogP contribution in [0.4, 0.5) is 5.95 Å². The normalized spacial score (nSPS) is 22.4. The zero-order valence-electron chi connectivity index (χ0n) is 21.1. The molecule has 0 spiro atoms. The number of aliphatic hydroxyl groups excluding tert-OH is 1. The Kier molecular flexibility index (Phi) is 7.66. The van der Waals surface area contributed by atoms with E-state index in [0.29, 0.717) is 18.0 Å². The minimum atomic E-state index is -0.173. The van der Waals surface area contributed by atoms with Crippen molar-refractivity contribution in [1.82, 2.24) is 19.4 Å². The Hall–Kier alpha value is -2.48. The number of aromatic nitrogens is 3. The molecule has 1 atom stereocenters. The van der Waals surface area contributed by atoms with Gasteiger partial charge in [0.2, 0.25) is 5.95 Å². The van der Waals surface area contributed by atoms with E-state index in [-0.39, 0.29) is 6.10 Å². The van der Waals surface area contributed by atoms with E-state index in [1.54, 1.807) is 0 Å². The van der Waals surface area contributed by atoms with Crippen LogP contribution in [0.1, 0.15) is 64.0 Å². The first-order valence-corrected chi connectivity index (χ1v) is 13.3. The Morgan fingerprint density at radius 3 is 2.57 bits per heavy atom. The molecular formula is C28H39N5O2. The molecule has 3 aromatic rings. The fourth-order valence-corrected chi connectivity index (χ4v) is 5.48. The van der Waals surface area contributed by atoms with Crippen LogP contribution >= 0.6 is 0 Å². The van der Waals surface area contributed by atoms with Crippen LogP contribution in [0.5, 0.6) is 0 Å². The van der Waals surface area contributed by atoms with Gasteiger partial charge in [0.25, 0.3) is 0 Å². The summed E-state index contributed by atoms with van der Waals surface area (Å²) < 4.78 is 7.82. The lowest BCUT2D eigenvalue weighted by Gasteiger charge is -2.27. The number of morpholine rings is 1. The molecule has 7 heteroatoms. The third kappa shape index (κ3) is 5.68. The van der Waals surface area contributed by atoms with E-state index in [9.17, 15) is 5.11 Å². The second-order valence-electron chi connectivity index (χ2n) is 10.3. The minimum absolute atomic E-state index is 0.173. The van der Waals surface area contributed by atoms with Gasteiger partial charge in [0.05, 0.1) is 19.3 Å². The van der Waals surface area contributed by atoms with Crippen molar-refractivity contribution < 1.29 is 9.84 Å². The summed E-state index contributed by atoms with van der Waals surface area (Å²) in [6.45, 7) is 8.98. The zero-order valence-corrected chi connectivity index (χ0v) is 21.1. The van der Waals surface area contributed by atoms with Crippen molar-refractivity contribution in [2.45, 2.75) is 77.1 Å². The van der Waals surface area contributed by atoms with Crippen molar-refractivity contribution in [3.05, 3.63) is 42.2 Å². The Morgan fingerprint density at radius 1 is 1.11 bits per heavy atom. The molecule has 0 bridgehead atoms. The molecule has 1 unspecified atom stereocenters. The average Bonchev–Trinajstić information content (AvgIpc) is 3.24. The zero-order chi connectivity index (χ0) is 24.2. The van der Waals surface area contributed by atoms with Crippen molar-refractivity contribution in [3.8, 4) is 11.1 Å². The summed E-state index contributed by atoms with van der Waals surface area (Å²) in [5.74, 6) is 0.695. The molecular weight excluding hydrogens is 438 g/mol. The molecule has 1 saturated heterocycles. The van der Waals surface area contributed by atoms with Crippen LogP contribution in [0, 0.1) is 0 Å². The van der Waals surface area contributed by atoms with Crippen LogP contribution in [-0.2, 0) is 11.3 Å². The molecule has 7 nitrogen and oxygen atoms in total. The smallest absolute Gasteiger partial charge is 0.224 e. The maximum atomic E-state index is 10.1. The van der Waals surface area contributed by atoms with E-state index in [1.807, 2.05) is 6.20 Å². The lowest BCUT2D eigenvalue weighted by Crippen LogP contribution is -2.35. The molecule has 0 radical (unpaired) electrons. The molecule has 3 heterocycles. The monoisotopic (exact) mass is 477 g/mol. The highest BCUT2D eigenvalue weighted by Crippen LogP contribution is 2.36. The summed E-state index contributed by atoms with van der Waals surface area (Å²) in [6.07, 6.45) is 9.93. The van der Waals surface area contributed by atoms with Crippen molar-refractivity contribution in [1.29, 1.82) is 0 Å². The highest BCUT2D eigenvalue weighted by Gasteiger charge is 2.24. The number of aliphatic hydroxyl groups is 1. The summed E-state index contributed by atoms with van der Waals surface area (Å²) in [6, 6.07) is 9.64. The summed E-state index contributed by atoms with van der Waals surface area (Å²) in [4.78, 5) is 12.1. The first-order valence-electron chi connectivity index (χ1n) is 13.3. The highest BCUT2D eigenvalue weighted by atomic mass is 16.5. The third-order valence-electron chi connectivity index (χ3n) is 7.50. The van der Waals surface area contributed by atoms with Gasteiger partial charge in [-0.3, -0.25) is 4.90 Å². The largest absolute Gasteiger partial charge is 0.393 e. The SMILES string of the molecule is CCCC(C)Nc1ncc2c(-c3ccc(CN4CCOCC4)cc3)cn(C3CCC(O)CC3)c2n1. The molecule has 2 aliphatic rings. The Balaban J connectivity index is 1.45. The molecule has 1 aliphatic carbocycles. The molecule has 1 saturated carbocycles. The maximum absolute atomic E-state index is 10.1. The van der Waals surface area contributed by atoms with Gasteiger partial charge in [-0.15, -0.1) is 0 Å². The van der Waals surface area contributed by atoms with Gasteiger partial charge in [-0.2, -0.15) is 4.98 Å². The third-order valence-corrected chi connectivity index (χ3v) is 7.50. The number of rotatable bonds is 8. The maximum Gasteiger partial charge on any atom is 0.224 e. The molecule has 2 fully saturated rings. The number of nitrogens with one attached hydrogen (secondary N) is 1. The quantitative estimate of drug-likeness (QED) is 0.475. The Labute approximate surface area is 208 Å². The van der Waals surface area contributed by atoms with Crippen molar-refractivity contribution >= 4 is 17.0 Å². The molecule has 35 heavy (non-hydrogen) atoms. The summed E-state index contributed by atoms with van der Waals surface area (Å²) in [5, 5.41) is 14.6. The summed E-state index contributed by atoms with van der Waals surface area (Å²) in [5.41, 5.74) is 4.68. The molecule has 188 valence electrons. The molecule has 2 N–H and O–H groups in total. The summed E-state index contributed by atoms with van der Waals surface area (Å²) in [7, 11) is 0. The number of nitrogens with zero attached hydrogens (tertiary/aromatic N) is 4. The van der Waals surface area contributed by atoms with Gasteiger partial charge < -0.3 is 19.7 Å². The van der Waals surface area contributed by atoms with Crippen LogP contribution in [0.15, 0.2) is 36.7 Å². The van der Waals surface area contributed by atoms with E-state index in [1.165, 1.54) is 16.7 Å². The lowest BCUT2D eigenvalue weighted by molar-refractivity contribution is 0.0342. The number of hydrogen-bond acceptors (Lipinski definition) is 6. The fraction of sp³-hybridized carbons (Fsp3) is 0.571. The summed E-state index contributed by atoms with van der Waals surface area (Å²) >= 11 is 0. The van der Waals surface area contributed by atoms with Crippen LogP contribution < -0.4 is 5.32 Å². The first kappa shape index (κ1) is 24.2. The lowest BCUT2D eigenvalue weighted by atomic mass is 9.93. The van der Waals surface area contributed by atoms with E-state index >= 15 is 0 Å². The number of ether oxygens (including phenoxy) is 1. The predicted molar refractivity (Wildman–Crippen MR) is 141 cm³/mol. The highest BCUT2D eigenvalue weighted by molar-refractivity contribution is 5.94. The van der Waals surface area contributed by atoms with Gasteiger partial charge in [-0.1, -0.05) is 37.6 Å².